The summed E-state index contributed by atoms with van der Waals surface area (Å²) in [7, 11) is -3.69. The standard InChI is InChI=1S/C21H25ClN6O3S/c1-13(2)31-19(20-24-10-16(22)11-25-20)14(3)32(29,30)12-18-26-27-21(28(18)17-6-7-17)15-5-4-8-23-9-15/h4-5,8-11,13-14,17,19H,6-7,12H2,1-3H3/t14-,19+/m0/s1. The van der Waals surface area contributed by atoms with Crippen LogP contribution in [0.3, 0.4) is 0 Å². The minimum absolute atomic E-state index is 0.197. The van der Waals surface area contributed by atoms with Gasteiger partial charge in [-0.15, -0.1) is 10.2 Å². The van der Waals surface area contributed by atoms with Gasteiger partial charge in [-0.25, -0.2) is 18.4 Å². The highest BCUT2D eigenvalue weighted by atomic mass is 35.5. The first kappa shape index (κ1) is 22.8. The third-order valence-corrected chi connectivity index (χ3v) is 7.47. The zero-order valence-corrected chi connectivity index (χ0v) is 19.7. The fraction of sp³-hybridized carbons (Fsp3) is 0.476. The van der Waals surface area contributed by atoms with Crippen LogP contribution in [0.1, 0.15) is 57.4 Å². The summed E-state index contributed by atoms with van der Waals surface area (Å²) in [5.41, 5.74) is 0.805. The quantitative estimate of drug-likeness (QED) is 0.460. The third kappa shape index (κ3) is 4.97. The number of halogens is 1. The Labute approximate surface area is 192 Å². The third-order valence-electron chi connectivity index (χ3n) is 5.23. The van der Waals surface area contributed by atoms with Crippen LogP contribution < -0.4 is 0 Å². The highest BCUT2D eigenvalue weighted by molar-refractivity contribution is 7.91. The van der Waals surface area contributed by atoms with Crippen molar-refractivity contribution < 1.29 is 13.2 Å². The molecule has 1 fully saturated rings. The lowest BCUT2D eigenvalue weighted by Crippen LogP contribution is -2.32. The molecule has 0 aromatic carbocycles. The first-order valence-corrected chi connectivity index (χ1v) is 12.5. The molecule has 11 heteroatoms. The molecule has 0 amide bonds. The van der Waals surface area contributed by atoms with Crippen molar-refractivity contribution in [3.05, 3.63) is 53.6 Å². The SMILES string of the molecule is CC(C)O[C@@H](c1ncc(Cl)cn1)[C@H](C)S(=O)(=O)Cc1nnc(-c2cccnc2)n1C1CC1. The van der Waals surface area contributed by atoms with Crippen molar-refractivity contribution in [2.24, 2.45) is 0 Å². The van der Waals surface area contributed by atoms with Crippen LogP contribution in [0, 0.1) is 0 Å². The van der Waals surface area contributed by atoms with Crippen LogP contribution in [-0.2, 0) is 20.3 Å². The van der Waals surface area contributed by atoms with E-state index in [1.165, 1.54) is 12.4 Å². The van der Waals surface area contributed by atoms with Crippen LogP contribution in [-0.4, -0.2) is 49.5 Å². The first-order chi connectivity index (χ1) is 15.3. The second-order valence-electron chi connectivity index (χ2n) is 8.16. The average Bonchev–Trinajstić information content (AvgIpc) is 3.52. The summed E-state index contributed by atoms with van der Waals surface area (Å²) >= 11 is 5.90. The molecule has 32 heavy (non-hydrogen) atoms. The number of hydrogen-bond donors (Lipinski definition) is 0. The van der Waals surface area contributed by atoms with Gasteiger partial charge < -0.3 is 9.30 Å². The van der Waals surface area contributed by atoms with Gasteiger partial charge in [0, 0.05) is 36.4 Å². The molecule has 0 aliphatic heterocycles. The van der Waals surface area contributed by atoms with Crippen molar-refractivity contribution in [3.63, 3.8) is 0 Å². The Balaban J connectivity index is 1.64. The molecule has 1 aliphatic carbocycles. The molecule has 0 N–H and O–H groups in total. The molecule has 3 aromatic rings. The second-order valence-corrected chi connectivity index (χ2v) is 11.0. The van der Waals surface area contributed by atoms with Gasteiger partial charge in [-0.05, 0) is 45.7 Å². The van der Waals surface area contributed by atoms with Crippen LogP contribution in [0.4, 0.5) is 0 Å². The van der Waals surface area contributed by atoms with Gasteiger partial charge in [0.25, 0.3) is 0 Å². The summed E-state index contributed by atoms with van der Waals surface area (Å²) < 4.78 is 34.8. The number of nitrogens with zero attached hydrogens (tertiary/aromatic N) is 6. The maximum Gasteiger partial charge on any atom is 0.165 e. The average molecular weight is 477 g/mol. The van der Waals surface area contributed by atoms with E-state index in [0.717, 1.165) is 18.4 Å². The fourth-order valence-corrected chi connectivity index (χ4v) is 4.95. The molecule has 0 bridgehead atoms. The maximum atomic E-state index is 13.4. The largest absolute Gasteiger partial charge is 0.366 e. The van der Waals surface area contributed by atoms with Crippen molar-refractivity contribution in [1.82, 2.24) is 29.7 Å². The van der Waals surface area contributed by atoms with Gasteiger partial charge in [0.05, 0.1) is 16.4 Å². The fourth-order valence-electron chi connectivity index (χ4n) is 3.47. The van der Waals surface area contributed by atoms with Crippen molar-refractivity contribution in [3.8, 4) is 11.4 Å². The number of aromatic nitrogens is 6. The normalized spacial score (nSPS) is 16.3. The minimum atomic E-state index is -3.69. The molecule has 0 saturated heterocycles. The Morgan fingerprint density at radius 1 is 1.16 bits per heavy atom. The maximum absolute atomic E-state index is 13.4. The molecule has 0 spiro atoms. The molecule has 0 unspecified atom stereocenters. The van der Waals surface area contributed by atoms with E-state index in [9.17, 15) is 8.42 Å². The summed E-state index contributed by atoms with van der Waals surface area (Å²) in [6, 6.07) is 3.91. The lowest BCUT2D eigenvalue weighted by Gasteiger charge is -2.25. The highest BCUT2D eigenvalue weighted by Crippen LogP contribution is 2.39. The molecule has 0 radical (unpaired) electrons. The van der Waals surface area contributed by atoms with E-state index >= 15 is 0 Å². The van der Waals surface area contributed by atoms with Gasteiger partial charge in [0.2, 0.25) is 0 Å². The summed E-state index contributed by atoms with van der Waals surface area (Å²) in [5, 5.41) is 8.00. The first-order valence-electron chi connectivity index (χ1n) is 10.4. The van der Waals surface area contributed by atoms with E-state index in [0.29, 0.717) is 16.7 Å². The molecule has 1 saturated carbocycles. The Bertz CT molecular complexity index is 1160. The van der Waals surface area contributed by atoms with E-state index in [1.54, 1.807) is 19.3 Å². The van der Waals surface area contributed by atoms with Crippen LogP contribution in [0.15, 0.2) is 36.9 Å². The van der Waals surface area contributed by atoms with E-state index in [-0.39, 0.29) is 23.7 Å². The van der Waals surface area contributed by atoms with Crippen molar-refractivity contribution in [2.75, 3.05) is 0 Å². The zero-order chi connectivity index (χ0) is 22.9. The lowest BCUT2D eigenvalue weighted by molar-refractivity contribution is 0.00143. The topological polar surface area (TPSA) is 113 Å². The molecular formula is C21H25ClN6O3S. The second kappa shape index (κ2) is 9.21. The number of pyridine rings is 1. The molecule has 9 nitrogen and oxygen atoms in total. The van der Waals surface area contributed by atoms with E-state index in [4.69, 9.17) is 16.3 Å². The minimum Gasteiger partial charge on any atom is -0.366 e. The molecular weight excluding hydrogens is 452 g/mol. The molecule has 4 rings (SSSR count). The van der Waals surface area contributed by atoms with Crippen LogP contribution in [0.5, 0.6) is 0 Å². The van der Waals surface area contributed by atoms with Gasteiger partial charge in [-0.2, -0.15) is 0 Å². The van der Waals surface area contributed by atoms with Gasteiger partial charge in [0.1, 0.15) is 17.7 Å². The monoisotopic (exact) mass is 476 g/mol. The van der Waals surface area contributed by atoms with Crippen molar-refractivity contribution in [2.45, 2.75) is 62.9 Å². The Morgan fingerprint density at radius 2 is 1.88 bits per heavy atom. The van der Waals surface area contributed by atoms with Gasteiger partial charge in [-0.3, -0.25) is 4.98 Å². The molecule has 2 atom stereocenters. The number of rotatable bonds is 9. The van der Waals surface area contributed by atoms with Gasteiger partial charge in [0.15, 0.2) is 21.5 Å². The summed E-state index contributed by atoms with van der Waals surface area (Å²) in [5.74, 6) is 1.07. The summed E-state index contributed by atoms with van der Waals surface area (Å²) in [6.07, 6.45) is 7.12. The van der Waals surface area contributed by atoms with E-state index < -0.39 is 21.2 Å². The Morgan fingerprint density at radius 3 is 2.47 bits per heavy atom. The predicted molar refractivity (Wildman–Crippen MR) is 120 cm³/mol. The van der Waals surface area contributed by atoms with E-state index in [1.807, 2.05) is 30.5 Å². The molecule has 3 heterocycles. The summed E-state index contributed by atoms with van der Waals surface area (Å²) in [4.78, 5) is 12.5. The molecule has 170 valence electrons. The smallest absolute Gasteiger partial charge is 0.165 e. The number of hydrogen-bond acceptors (Lipinski definition) is 8. The van der Waals surface area contributed by atoms with E-state index in [2.05, 4.69) is 25.1 Å². The number of ether oxygens (including phenoxy) is 1. The summed E-state index contributed by atoms with van der Waals surface area (Å²) in [6.45, 7) is 5.29. The Kier molecular flexibility index (Phi) is 6.55. The van der Waals surface area contributed by atoms with Crippen molar-refractivity contribution in [1.29, 1.82) is 0 Å². The van der Waals surface area contributed by atoms with Crippen LogP contribution >= 0.6 is 11.6 Å². The molecule has 1 aliphatic rings. The predicted octanol–water partition coefficient (Wildman–Crippen LogP) is 3.59. The Hall–Kier alpha value is -2.43. The number of sulfone groups is 1. The van der Waals surface area contributed by atoms with Crippen LogP contribution in [0.25, 0.3) is 11.4 Å². The van der Waals surface area contributed by atoms with Gasteiger partial charge in [-0.1, -0.05) is 11.6 Å². The zero-order valence-electron chi connectivity index (χ0n) is 18.1. The highest BCUT2D eigenvalue weighted by Gasteiger charge is 2.37. The van der Waals surface area contributed by atoms with Crippen LogP contribution in [0.2, 0.25) is 5.02 Å². The lowest BCUT2D eigenvalue weighted by atomic mass is 10.2. The van der Waals surface area contributed by atoms with Gasteiger partial charge >= 0.3 is 0 Å². The molecule has 3 aromatic heterocycles. The van der Waals surface area contributed by atoms with Crippen molar-refractivity contribution >= 4 is 21.4 Å².